The second kappa shape index (κ2) is 65.3. The van der Waals surface area contributed by atoms with Crippen molar-refractivity contribution in [1.29, 1.82) is 0 Å². The van der Waals surface area contributed by atoms with E-state index >= 15 is 0 Å². The second-order valence-corrected chi connectivity index (χ2v) is 23.2. The number of amides is 4. The van der Waals surface area contributed by atoms with Crippen LogP contribution < -0.4 is 10.6 Å². The van der Waals surface area contributed by atoms with Gasteiger partial charge in [-0.1, -0.05) is 55.4 Å². The molecule has 89 heavy (non-hydrogen) atoms. The van der Waals surface area contributed by atoms with Gasteiger partial charge in [-0.15, -0.1) is 0 Å². The van der Waals surface area contributed by atoms with Crippen LogP contribution in [-0.2, 0) is 95.0 Å². The van der Waals surface area contributed by atoms with Gasteiger partial charge in [-0.25, -0.2) is 0 Å². The molecule has 4 amide bonds. The quantitative estimate of drug-likeness (QED) is 0.0615. The highest BCUT2D eigenvalue weighted by molar-refractivity contribution is 5.77. The Morgan fingerprint density at radius 2 is 0.528 bits per heavy atom. The van der Waals surface area contributed by atoms with Crippen LogP contribution in [0.1, 0.15) is 108 Å². The highest BCUT2D eigenvalue weighted by Gasteiger charge is 2.16. The Bertz CT molecular complexity index is 1530. The van der Waals surface area contributed by atoms with E-state index < -0.39 is 0 Å². The van der Waals surface area contributed by atoms with E-state index in [2.05, 4.69) is 57.1 Å². The molecule has 25 heteroatoms. The third-order valence-electron chi connectivity index (χ3n) is 12.9. The lowest BCUT2D eigenvalue weighted by atomic mass is 10.1. The molecule has 2 N–H and O–H groups in total. The van der Waals surface area contributed by atoms with Gasteiger partial charge in [0, 0.05) is 84.5 Å². The van der Waals surface area contributed by atoms with E-state index in [-0.39, 0.29) is 62.5 Å². The summed E-state index contributed by atoms with van der Waals surface area (Å²) in [7, 11) is 0. The summed E-state index contributed by atoms with van der Waals surface area (Å²) in [5, 5.41) is 5.68. The van der Waals surface area contributed by atoms with Crippen molar-refractivity contribution in [2.75, 3.05) is 257 Å². The molecule has 0 fully saturated rings. The van der Waals surface area contributed by atoms with Gasteiger partial charge in [-0.3, -0.25) is 24.1 Å². The van der Waals surface area contributed by atoms with Gasteiger partial charge in [0.25, 0.3) is 0 Å². The molecule has 0 spiro atoms. The average Bonchev–Trinajstić information content (AvgIpc) is 3.57. The molecule has 0 bridgehead atoms. The molecule has 0 unspecified atom stereocenters. The molecule has 25 nitrogen and oxygen atoms in total. The van der Waals surface area contributed by atoms with Crippen LogP contribution in [0.5, 0.6) is 0 Å². The summed E-state index contributed by atoms with van der Waals surface area (Å²) in [6, 6.07) is 0.284. The van der Waals surface area contributed by atoms with Gasteiger partial charge in [-0.2, -0.15) is 0 Å². The molecule has 0 atom stereocenters. The highest BCUT2D eigenvalue weighted by atomic mass is 16.7. The molecular weight excluding hydrogens is 1160 g/mol. The number of carbonyl (C=O) groups is 4. The number of nitrogens with zero attached hydrogens (tertiary/aromatic N) is 3. The van der Waals surface area contributed by atoms with Crippen molar-refractivity contribution < 1.29 is 95.0 Å². The largest absolute Gasteiger partial charge is 0.379 e. The first kappa shape index (κ1) is 86.2. The summed E-state index contributed by atoms with van der Waals surface area (Å²) in [4.78, 5) is 55.9. The summed E-state index contributed by atoms with van der Waals surface area (Å²) in [5.74, 6) is 1.76. The first-order valence-corrected chi connectivity index (χ1v) is 33.2. The van der Waals surface area contributed by atoms with E-state index in [0.29, 0.717) is 254 Å². The monoisotopic (exact) mass is 1290 g/mol. The molecule has 528 valence electrons. The number of hydrogen-bond acceptors (Lipinski definition) is 21. The SMILES string of the molecule is CC(C)CCOCCOCCOCCN(CCOCCOCOCCC(C)C)C(=O)CCOCCOCCN(CCOCCOCCC(=O)N(CCOCCOCCOCCNC(=O)CC(C)C)CCOCCOCCOCCNC(=O)CC(C)C)C(C)C. The molecule has 0 saturated carbocycles. The molecule has 0 aliphatic heterocycles. The fourth-order valence-corrected chi connectivity index (χ4v) is 7.76. The zero-order valence-electron chi connectivity index (χ0n) is 57.2. The van der Waals surface area contributed by atoms with Gasteiger partial charge in [0.1, 0.15) is 6.79 Å². The maximum absolute atomic E-state index is 13.3. The van der Waals surface area contributed by atoms with Gasteiger partial charge in [0.05, 0.1) is 198 Å². The molecule has 0 aliphatic carbocycles. The van der Waals surface area contributed by atoms with Crippen molar-refractivity contribution in [3.8, 4) is 0 Å². The van der Waals surface area contributed by atoms with Crippen LogP contribution in [-0.4, -0.2) is 302 Å². The smallest absolute Gasteiger partial charge is 0.225 e. The van der Waals surface area contributed by atoms with Crippen molar-refractivity contribution in [3.05, 3.63) is 0 Å². The zero-order valence-corrected chi connectivity index (χ0v) is 57.2. The summed E-state index contributed by atoms with van der Waals surface area (Å²) >= 11 is 0. The molecule has 0 radical (unpaired) electrons. The summed E-state index contributed by atoms with van der Waals surface area (Å²) in [6.07, 6.45) is 3.44. The molecule has 0 saturated heterocycles. The Balaban J connectivity index is 4.60. The molecular formula is C64H127N5O20. The topological polar surface area (TPSA) is 250 Å². The van der Waals surface area contributed by atoms with Gasteiger partial charge in [0.2, 0.25) is 23.6 Å². The van der Waals surface area contributed by atoms with Crippen LogP contribution in [0.4, 0.5) is 0 Å². The number of rotatable bonds is 70. The van der Waals surface area contributed by atoms with Crippen LogP contribution in [0, 0.1) is 23.7 Å². The Morgan fingerprint density at radius 3 is 0.831 bits per heavy atom. The minimum Gasteiger partial charge on any atom is -0.379 e. The van der Waals surface area contributed by atoms with Crippen LogP contribution in [0.25, 0.3) is 0 Å². The van der Waals surface area contributed by atoms with Crippen molar-refractivity contribution >= 4 is 23.6 Å². The van der Waals surface area contributed by atoms with E-state index in [9.17, 15) is 19.2 Å². The van der Waals surface area contributed by atoms with Crippen molar-refractivity contribution in [2.45, 2.75) is 114 Å². The van der Waals surface area contributed by atoms with Crippen LogP contribution >= 0.6 is 0 Å². The van der Waals surface area contributed by atoms with E-state index in [4.69, 9.17) is 75.8 Å². The Kier molecular flexibility index (Phi) is 63.2. The molecule has 0 aromatic heterocycles. The molecule has 0 aliphatic rings. The van der Waals surface area contributed by atoms with E-state index in [1.54, 1.807) is 9.80 Å². The molecule has 0 rings (SSSR count). The fraction of sp³-hybridized carbons (Fsp3) is 0.938. The lowest BCUT2D eigenvalue weighted by Crippen LogP contribution is -2.37. The number of carbonyl (C=O) groups excluding carboxylic acids is 4. The van der Waals surface area contributed by atoms with Gasteiger partial charge in [0.15, 0.2) is 0 Å². The Labute approximate surface area is 537 Å². The lowest BCUT2D eigenvalue weighted by Gasteiger charge is -2.26. The minimum atomic E-state index is -0.0708. The van der Waals surface area contributed by atoms with Gasteiger partial charge < -0.3 is 96.2 Å². The van der Waals surface area contributed by atoms with Crippen LogP contribution in [0.2, 0.25) is 0 Å². The highest BCUT2D eigenvalue weighted by Crippen LogP contribution is 2.04. The van der Waals surface area contributed by atoms with E-state index in [0.717, 1.165) is 32.5 Å². The normalized spacial score (nSPS) is 11.9. The summed E-state index contributed by atoms with van der Waals surface area (Å²) in [5.41, 5.74) is 0. The van der Waals surface area contributed by atoms with Crippen LogP contribution in [0.15, 0.2) is 0 Å². The Hall–Kier alpha value is -2.80. The summed E-state index contributed by atoms with van der Waals surface area (Å²) in [6.45, 7) is 37.8. The van der Waals surface area contributed by atoms with Crippen molar-refractivity contribution in [3.63, 3.8) is 0 Å². The first-order chi connectivity index (χ1) is 43.1. The predicted octanol–water partition coefficient (Wildman–Crippen LogP) is 4.77. The predicted molar refractivity (Wildman–Crippen MR) is 341 cm³/mol. The first-order valence-electron chi connectivity index (χ1n) is 33.2. The van der Waals surface area contributed by atoms with E-state index in [1.165, 1.54) is 0 Å². The minimum absolute atomic E-state index is 0.0243. The maximum Gasteiger partial charge on any atom is 0.225 e. The standard InChI is InChI=1S/C64H127N5O20/c1-56(2)11-23-74-37-45-85-48-42-81-33-21-69(22-34-84-51-52-89-55-88-24-12-57(3)4)64(73)14-26-76-36-41-80-30-18-67(60(9)10)17-29-79-40-35-75-25-13-63(72)68(19-31-82-43-49-86-46-38-77-27-15-65-61(70)53-58(5)6)20-32-83-44-50-87-47-39-78-28-16-66-62(71)54-59(7)8/h56-60H,11-55H2,1-10H3,(H,65,70)(H,66,71). The third kappa shape index (κ3) is 63.7. The number of ether oxygens (including phenoxy) is 16. The van der Waals surface area contributed by atoms with Gasteiger partial charge in [-0.05, 0) is 50.4 Å². The zero-order chi connectivity index (χ0) is 65.5. The Morgan fingerprint density at radius 1 is 0.281 bits per heavy atom. The maximum atomic E-state index is 13.3. The number of hydrogen-bond donors (Lipinski definition) is 2. The van der Waals surface area contributed by atoms with E-state index in [1.807, 2.05) is 27.7 Å². The average molecular weight is 1290 g/mol. The third-order valence-corrected chi connectivity index (χ3v) is 12.9. The van der Waals surface area contributed by atoms with Crippen molar-refractivity contribution in [1.82, 2.24) is 25.3 Å². The van der Waals surface area contributed by atoms with Gasteiger partial charge >= 0.3 is 0 Å². The molecule has 0 aromatic carbocycles. The number of nitrogens with one attached hydrogen (secondary N) is 2. The second-order valence-electron chi connectivity index (χ2n) is 23.2. The lowest BCUT2D eigenvalue weighted by molar-refractivity contribution is -0.135. The molecule has 0 heterocycles. The summed E-state index contributed by atoms with van der Waals surface area (Å²) < 4.78 is 91.0. The van der Waals surface area contributed by atoms with Crippen LogP contribution in [0.3, 0.4) is 0 Å². The molecule has 0 aromatic rings. The van der Waals surface area contributed by atoms with Crippen molar-refractivity contribution in [2.24, 2.45) is 23.7 Å². The fourth-order valence-electron chi connectivity index (χ4n) is 7.76.